The van der Waals surface area contributed by atoms with Gasteiger partial charge in [-0.25, -0.2) is 0 Å². The van der Waals surface area contributed by atoms with Crippen LogP contribution in [0.3, 0.4) is 0 Å². The maximum Gasteiger partial charge on any atom is 0.0479 e. The third kappa shape index (κ3) is 1.96. The summed E-state index contributed by atoms with van der Waals surface area (Å²) in [7, 11) is 2.08. The fourth-order valence-corrected chi connectivity index (χ4v) is 3.13. The van der Waals surface area contributed by atoms with Crippen LogP contribution in [0.4, 0.5) is 0 Å². The van der Waals surface area contributed by atoms with Gasteiger partial charge in [0.1, 0.15) is 0 Å². The van der Waals surface area contributed by atoms with Crippen molar-refractivity contribution in [3.05, 3.63) is 78.8 Å². The van der Waals surface area contributed by atoms with Gasteiger partial charge in [0.25, 0.3) is 0 Å². The Bertz CT molecular complexity index is 942. The highest BCUT2D eigenvalue weighted by Crippen LogP contribution is 2.27. The lowest BCUT2D eigenvalue weighted by Crippen LogP contribution is -1.95. The summed E-state index contributed by atoms with van der Waals surface area (Å²) in [5.41, 5.74) is 6.28. The molecule has 0 atom stereocenters. The van der Waals surface area contributed by atoms with E-state index in [-0.39, 0.29) is 0 Å². The lowest BCUT2D eigenvalue weighted by Gasteiger charge is -2.09. The van der Waals surface area contributed by atoms with Crippen LogP contribution in [0.1, 0.15) is 5.69 Å². The Labute approximate surface area is 130 Å². The van der Waals surface area contributed by atoms with E-state index in [9.17, 15) is 0 Å². The number of benzene rings is 2. The highest BCUT2D eigenvalue weighted by atomic mass is 15.0. The van der Waals surface area contributed by atoms with Crippen LogP contribution in [0.25, 0.3) is 27.7 Å². The molecule has 2 nitrogen and oxygen atoms in total. The summed E-state index contributed by atoms with van der Waals surface area (Å²) in [6.45, 7) is 2.18. The first-order valence-corrected chi connectivity index (χ1v) is 7.53. The van der Waals surface area contributed by atoms with Crippen LogP contribution < -0.4 is 0 Å². The van der Waals surface area contributed by atoms with E-state index in [2.05, 4.69) is 96.2 Å². The van der Waals surface area contributed by atoms with Crippen LogP contribution in [0, 0.1) is 6.92 Å². The number of nitrogens with zero attached hydrogens (tertiary/aromatic N) is 2. The minimum absolute atomic E-state index is 1.21. The first-order chi connectivity index (χ1) is 10.7. The quantitative estimate of drug-likeness (QED) is 0.494. The van der Waals surface area contributed by atoms with Gasteiger partial charge in [-0.3, -0.25) is 0 Å². The van der Waals surface area contributed by atoms with Gasteiger partial charge in [-0.2, -0.15) is 0 Å². The predicted molar refractivity (Wildman–Crippen MR) is 92.4 cm³/mol. The Kier molecular flexibility index (Phi) is 2.90. The number of aryl methyl sites for hydroxylation is 1. The molecular formula is C20H18N2. The van der Waals surface area contributed by atoms with Crippen molar-refractivity contribution in [2.24, 2.45) is 7.05 Å². The fourth-order valence-electron chi connectivity index (χ4n) is 3.13. The van der Waals surface area contributed by atoms with E-state index in [1.165, 1.54) is 33.4 Å². The second-order valence-electron chi connectivity index (χ2n) is 5.72. The normalized spacial score (nSPS) is 11.2. The zero-order valence-electron chi connectivity index (χ0n) is 12.8. The first kappa shape index (κ1) is 13.0. The maximum atomic E-state index is 2.26. The van der Waals surface area contributed by atoms with Crippen LogP contribution in [-0.2, 0) is 7.05 Å². The third-order valence-corrected chi connectivity index (χ3v) is 4.37. The molecule has 22 heavy (non-hydrogen) atoms. The van der Waals surface area contributed by atoms with E-state index in [0.29, 0.717) is 0 Å². The average Bonchev–Trinajstić information content (AvgIpc) is 3.11. The Morgan fingerprint density at radius 1 is 0.818 bits per heavy atom. The van der Waals surface area contributed by atoms with E-state index < -0.39 is 0 Å². The number of hydrogen-bond donors (Lipinski definition) is 0. The van der Waals surface area contributed by atoms with Gasteiger partial charge in [0.15, 0.2) is 0 Å². The topological polar surface area (TPSA) is 9.86 Å². The van der Waals surface area contributed by atoms with E-state index in [1.54, 1.807) is 0 Å². The largest absolute Gasteiger partial charge is 0.351 e. The Hall–Kier alpha value is -2.74. The van der Waals surface area contributed by atoms with Crippen molar-refractivity contribution in [3.8, 4) is 16.8 Å². The molecule has 0 saturated heterocycles. The molecule has 0 unspecified atom stereocenters. The Balaban J connectivity index is 1.83. The molecule has 0 bridgehead atoms. The SMILES string of the molecule is Cc1c(-c2ccccc2)ccn1-c1ccc2c(ccn2C)c1. The zero-order chi connectivity index (χ0) is 15.1. The lowest BCUT2D eigenvalue weighted by atomic mass is 10.1. The molecule has 2 aromatic carbocycles. The van der Waals surface area contributed by atoms with Gasteiger partial charge in [-0.1, -0.05) is 30.3 Å². The summed E-state index contributed by atoms with van der Waals surface area (Å²) in [5, 5.41) is 1.27. The minimum Gasteiger partial charge on any atom is -0.351 e. The maximum absolute atomic E-state index is 2.26. The van der Waals surface area contributed by atoms with Crippen LogP contribution in [0.2, 0.25) is 0 Å². The van der Waals surface area contributed by atoms with E-state index in [1.807, 2.05) is 0 Å². The van der Waals surface area contributed by atoms with Crippen molar-refractivity contribution >= 4 is 10.9 Å². The first-order valence-electron chi connectivity index (χ1n) is 7.53. The molecule has 0 radical (unpaired) electrons. The highest BCUT2D eigenvalue weighted by molar-refractivity contribution is 5.82. The van der Waals surface area contributed by atoms with Crippen molar-refractivity contribution in [2.75, 3.05) is 0 Å². The monoisotopic (exact) mass is 286 g/mol. The van der Waals surface area contributed by atoms with Crippen molar-refractivity contribution in [1.29, 1.82) is 0 Å². The van der Waals surface area contributed by atoms with E-state index in [4.69, 9.17) is 0 Å². The van der Waals surface area contributed by atoms with E-state index >= 15 is 0 Å². The van der Waals surface area contributed by atoms with Crippen LogP contribution >= 0.6 is 0 Å². The molecule has 0 aliphatic heterocycles. The van der Waals surface area contributed by atoms with Gasteiger partial charge in [0, 0.05) is 47.3 Å². The number of hydrogen-bond acceptors (Lipinski definition) is 0. The molecule has 2 aromatic heterocycles. The highest BCUT2D eigenvalue weighted by Gasteiger charge is 2.09. The second kappa shape index (κ2) is 4.92. The van der Waals surface area contributed by atoms with Gasteiger partial charge >= 0.3 is 0 Å². The molecule has 0 N–H and O–H groups in total. The molecule has 0 saturated carbocycles. The number of aromatic nitrogens is 2. The van der Waals surface area contributed by atoms with Crippen molar-refractivity contribution in [1.82, 2.24) is 9.13 Å². The van der Waals surface area contributed by atoms with Crippen molar-refractivity contribution < 1.29 is 0 Å². The third-order valence-electron chi connectivity index (χ3n) is 4.37. The molecule has 0 fully saturated rings. The molecular weight excluding hydrogens is 268 g/mol. The van der Waals surface area contributed by atoms with Gasteiger partial charge in [-0.15, -0.1) is 0 Å². The zero-order valence-corrected chi connectivity index (χ0v) is 12.8. The molecule has 0 aliphatic rings. The van der Waals surface area contributed by atoms with Crippen molar-refractivity contribution in [3.63, 3.8) is 0 Å². The Morgan fingerprint density at radius 2 is 1.64 bits per heavy atom. The summed E-state index contributed by atoms with van der Waals surface area (Å²) in [6, 6.07) is 21.5. The molecule has 2 heteroatoms. The summed E-state index contributed by atoms with van der Waals surface area (Å²) in [6.07, 6.45) is 4.26. The smallest absolute Gasteiger partial charge is 0.0479 e. The van der Waals surface area contributed by atoms with E-state index in [0.717, 1.165) is 0 Å². The van der Waals surface area contributed by atoms with Crippen LogP contribution in [0.15, 0.2) is 73.1 Å². The molecule has 4 rings (SSSR count). The molecule has 2 heterocycles. The summed E-state index contributed by atoms with van der Waals surface area (Å²) < 4.78 is 4.41. The second-order valence-corrected chi connectivity index (χ2v) is 5.72. The number of rotatable bonds is 2. The minimum atomic E-state index is 1.21. The van der Waals surface area contributed by atoms with Gasteiger partial charge in [0.05, 0.1) is 0 Å². The van der Waals surface area contributed by atoms with Gasteiger partial charge in [-0.05, 0) is 42.8 Å². The van der Waals surface area contributed by atoms with Gasteiger partial charge < -0.3 is 9.13 Å². The summed E-state index contributed by atoms with van der Waals surface area (Å²) >= 11 is 0. The number of fused-ring (bicyclic) bond motifs is 1. The summed E-state index contributed by atoms with van der Waals surface area (Å²) in [5.74, 6) is 0. The Morgan fingerprint density at radius 3 is 2.45 bits per heavy atom. The lowest BCUT2D eigenvalue weighted by molar-refractivity contribution is 0.967. The van der Waals surface area contributed by atoms with Crippen molar-refractivity contribution in [2.45, 2.75) is 6.92 Å². The molecule has 0 aliphatic carbocycles. The van der Waals surface area contributed by atoms with Crippen LogP contribution in [0.5, 0.6) is 0 Å². The van der Waals surface area contributed by atoms with Gasteiger partial charge in [0.2, 0.25) is 0 Å². The van der Waals surface area contributed by atoms with Crippen LogP contribution in [-0.4, -0.2) is 9.13 Å². The standard InChI is InChI=1S/C20H18N2/c1-15-19(16-6-4-3-5-7-16)11-13-22(15)18-8-9-20-17(14-18)10-12-21(20)2/h3-14H,1-2H3. The molecule has 4 aromatic rings. The fraction of sp³-hybridized carbons (Fsp3) is 0.100. The summed E-state index contributed by atoms with van der Waals surface area (Å²) in [4.78, 5) is 0. The molecule has 108 valence electrons. The molecule has 0 spiro atoms. The molecule has 0 amide bonds. The predicted octanol–water partition coefficient (Wildman–Crippen LogP) is 4.94. The average molecular weight is 286 g/mol.